The molecule has 1 N–H and O–H groups in total. The van der Waals surface area contributed by atoms with E-state index in [1.807, 2.05) is 13.0 Å². The molecule has 0 atom stereocenters. The molecular formula is C29H30N6O2S. The van der Waals surface area contributed by atoms with Crippen LogP contribution in [0.4, 0.5) is 0 Å². The van der Waals surface area contributed by atoms with Crippen LogP contribution in [0, 0.1) is 26.2 Å². The van der Waals surface area contributed by atoms with Crippen molar-refractivity contribution < 1.29 is 9.15 Å². The van der Waals surface area contributed by atoms with Gasteiger partial charge in [-0.05, 0) is 94.8 Å². The Balaban J connectivity index is 1.25. The average Bonchev–Trinajstić information content (AvgIpc) is 3.60. The fraction of sp³-hybridized carbons (Fsp3) is 0.379. The van der Waals surface area contributed by atoms with Gasteiger partial charge in [0.2, 0.25) is 5.89 Å². The van der Waals surface area contributed by atoms with Crippen molar-refractivity contribution in [2.45, 2.75) is 52.6 Å². The van der Waals surface area contributed by atoms with Crippen molar-refractivity contribution in [2.24, 2.45) is 10.4 Å². The second kappa shape index (κ2) is 9.03. The fourth-order valence-corrected chi connectivity index (χ4v) is 7.22. The third-order valence-corrected chi connectivity index (χ3v) is 9.41. The van der Waals surface area contributed by atoms with Crippen molar-refractivity contribution in [1.82, 2.24) is 25.1 Å². The number of nitrogens with one attached hydrogen (secondary N) is 1. The van der Waals surface area contributed by atoms with E-state index in [9.17, 15) is 0 Å². The number of piperidine rings is 1. The number of aliphatic imine (C=N–C) groups is 1. The Bertz CT molecular complexity index is 1550. The minimum Gasteiger partial charge on any atom is -0.490 e. The lowest BCUT2D eigenvalue weighted by Crippen LogP contribution is -2.49. The molecule has 3 aliphatic rings. The van der Waals surface area contributed by atoms with Gasteiger partial charge in [0, 0.05) is 22.1 Å². The summed E-state index contributed by atoms with van der Waals surface area (Å²) in [5.74, 6) is 2.88. The lowest BCUT2D eigenvalue weighted by atomic mass is 9.62. The second-order valence-electron chi connectivity index (χ2n) is 10.7. The first-order valence-corrected chi connectivity index (χ1v) is 14.0. The van der Waals surface area contributed by atoms with Crippen LogP contribution in [0.3, 0.4) is 0 Å². The lowest BCUT2D eigenvalue weighted by molar-refractivity contribution is -0.0347. The van der Waals surface area contributed by atoms with Gasteiger partial charge < -0.3 is 14.5 Å². The van der Waals surface area contributed by atoms with E-state index in [4.69, 9.17) is 14.1 Å². The van der Waals surface area contributed by atoms with Crippen LogP contribution in [0.2, 0.25) is 0 Å². The van der Waals surface area contributed by atoms with Gasteiger partial charge in [-0.3, -0.25) is 4.57 Å². The highest BCUT2D eigenvalue weighted by Crippen LogP contribution is 2.49. The third-order valence-electron chi connectivity index (χ3n) is 8.22. The standard InChI is InChI=1S/C29H30N6O2S/c1-17-18(2)38-28-25(17)26(32-23(14-24-31-12-13-36-24)27-34-33-19(3)35(27)28)20-4-6-21(7-5-20)37-22-15-29(16-22)8-10-30-11-9-29/h4-7,12-14,22,30H,8-11,15-16H2,1-3H3/b23-14+. The van der Waals surface area contributed by atoms with Crippen molar-refractivity contribution in [3.05, 3.63) is 75.8 Å². The van der Waals surface area contributed by atoms with E-state index in [1.165, 1.54) is 23.3 Å². The predicted molar refractivity (Wildman–Crippen MR) is 148 cm³/mol. The summed E-state index contributed by atoms with van der Waals surface area (Å²) in [5.41, 5.74) is 5.39. The zero-order valence-electron chi connectivity index (χ0n) is 21.8. The Morgan fingerprint density at radius 1 is 1.11 bits per heavy atom. The first-order chi connectivity index (χ1) is 18.5. The number of oxazole rings is 1. The molecule has 1 aliphatic carbocycles. The quantitative estimate of drug-likeness (QED) is 0.378. The summed E-state index contributed by atoms with van der Waals surface area (Å²) in [6, 6.07) is 8.39. The van der Waals surface area contributed by atoms with Crippen LogP contribution in [-0.4, -0.2) is 44.7 Å². The molecule has 0 bridgehead atoms. The zero-order chi connectivity index (χ0) is 25.9. The van der Waals surface area contributed by atoms with E-state index < -0.39 is 0 Å². The van der Waals surface area contributed by atoms with Crippen LogP contribution in [0.15, 0.2) is 46.1 Å². The number of aryl methyl sites for hydroxylation is 2. The maximum atomic E-state index is 6.37. The number of ether oxygens (including phenoxy) is 1. The maximum Gasteiger partial charge on any atom is 0.220 e. The zero-order valence-corrected chi connectivity index (χ0v) is 22.6. The van der Waals surface area contributed by atoms with E-state index >= 15 is 0 Å². The Hall–Kier alpha value is -3.56. The summed E-state index contributed by atoms with van der Waals surface area (Å²) in [4.78, 5) is 10.7. The van der Waals surface area contributed by atoms with Gasteiger partial charge in [0.05, 0.1) is 18.0 Å². The Kier molecular flexibility index (Phi) is 5.59. The highest BCUT2D eigenvalue weighted by Gasteiger charge is 2.45. The average molecular weight is 527 g/mol. The molecule has 1 spiro atoms. The molecule has 38 heavy (non-hydrogen) atoms. The van der Waals surface area contributed by atoms with Gasteiger partial charge in [-0.25, -0.2) is 9.98 Å². The van der Waals surface area contributed by atoms with Crippen LogP contribution in [0.5, 0.6) is 5.75 Å². The molecule has 0 radical (unpaired) electrons. The normalized spacial score (nSPS) is 19.6. The number of nitrogens with zero attached hydrogens (tertiary/aromatic N) is 5. The van der Waals surface area contributed by atoms with E-state index in [2.05, 4.69) is 63.2 Å². The molecule has 194 valence electrons. The number of thiophene rings is 1. The summed E-state index contributed by atoms with van der Waals surface area (Å²) in [7, 11) is 0. The lowest BCUT2D eigenvalue weighted by Gasteiger charge is -2.49. The van der Waals surface area contributed by atoms with Crippen molar-refractivity contribution in [3.63, 3.8) is 0 Å². The van der Waals surface area contributed by atoms with Crippen molar-refractivity contribution in [3.8, 4) is 10.8 Å². The van der Waals surface area contributed by atoms with Gasteiger partial charge in [0.1, 0.15) is 28.5 Å². The number of rotatable bonds is 4. The number of hydrogen-bond acceptors (Lipinski definition) is 8. The third kappa shape index (κ3) is 3.92. The van der Waals surface area contributed by atoms with E-state index in [1.54, 1.807) is 23.8 Å². The van der Waals surface area contributed by atoms with Crippen LogP contribution in [-0.2, 0) is 0 Å². The van der Waals surface area contributed by atoms with Gasteiger partial charge >= 0.3 is 0 Å². The fourth-order valence-electron chi connectivity index (χ4n) is 6.01. The molecular weight excluding hydrogens is 496 g/mol. The number of hydrogen-bond donors (Lipinski definition) is 1. The first-order valence-electron chi connectivity index (χ1n) is 13.2. The first kappa shape index (κ1) is 23.5. The van der Waals surface area contributed by atoms with Gasteiger partial charge in [0.15, 0.2) is 5.82 Å². The van der Waals surface area contributed by atoms with E-state index in [-0.39, 0.29) is 0 Å². The van der Waals surface area contributed by atoms with E-state index in [0.717, 1.165) is 59.3 Å². The molecule has 5 heterocycles. The summed E-state index contributed by atoms with van der Waals surface area (Å²) >= 11 is 1.74. The number of aromatic nitrogens is 4. The minimum atomic E-state index is 0.310. The highest BCUT2D eigenvalue weighted by molar-refractivity contribution is 7.15. The highest BCUT2D eigenvalue weighted by atomic mass is 32.1. The molecule has 0 amide bonds. The minimum absolute atomic E-state index is 0.310. The number of fused-ring (bicyclic) bond motifs is 3. The summed E-state index contributed by atoms with van der Waals surface area (Å²) in [6.45, 7) is 8.55. The van der Waals surface area contributed by atoms with Crippen molar-refractivity contribution in [2.75, 3.05) is 13.1 Å². The van der Waals surface area contributed by atoms with Crippen molar-refractivity contribution in [1.29, 1.82) is 0 Å². The topological polar surface area (TPSA) is 90.4 Å². The smallest absolute Gasteiger partial charge is 0.220 e. The molecule has 2 aliphatic heterocycles. The maximum absolute atomic E-state index is 6.37. The monoisotopic (exact) mass is 526 g/mol. The number of benzene rings is 1. The van der Waals surface area contributed by atoms with E-state index in [0.29, 0.717) is 28.9 Å². The largest absolute Gasteiger partial charge is 0.490 e. The molecule has 7 rings (SSSR count). The Labute approximate surface area is 225 Å². The summed E-state index contributed by atoms with van der Waals surface area (Å²) < 4.78 is 14.0. The summed E-state index contributed by atoms with van der Waals surface area (Å²) in [6.07, 6.45) is 10.2. The van der Waals surface area contributed by atoms with Crippen LogP contribution >= 0.6 is 11.3 Å². The summed E-state index contributed by atoms with van der Waals surface area (Å²) in [5, 5.41) is 13.4. The Morgan fingerprint density at radius 3 is 2.63 bits per heavy atom. The second-order valence-corrected chi connectivity index (χ2v) is 11.9. The van der Waals surface area contributed by atoms with Crippen LogP contribution in [0.25, 0.3) is 16.8 Å². The Morgan fingerprint density at radius 2 is 1.89 bits per heavy atom. The molecule has 9 heteroatoms. The van der Waals surface area contributed by atoms with Crippen LogP contribution < -0.4 is 10.1 Å². The van der Waals surface area contributed by atoms with Gasteiger partial charge in [-0.15, -0.1) is 21.5 Å². The molecule has 1 aromatic carbocycles. The van der Waals surface area contributed by atoms with Gasteiger partial charge in [0.25, 0.3) is 0 Å². The molecule has 8 nitrogen and oxygen atoms in total. The molecule has 4 aromatic rings. The van der Waals surface area contributed by atoms with Gasteiger partial charge in [-0.1, -0.05) is 0 Å². The van der Waals surface area contributed by atoms with Crippen molar-refractivity contribution >= 4 is 28.8 Å². The molecule has 1 saturated carbocycles. The molecule has 2 fully saturated rings. The predicted octanol–water partition coefficient (Wildman–Crippen LogP) is 5.50. The molecule has 1 saturated heterocycles. The van der Waals surface area contributed by atoms with Crippen LogP contribution in [0.1, 0.15) is 64.8 Å². The molecule has 3 aromatic heterocycles. The molecule has 0 unspecified atom stereocenters. The SMILES string of the molecule is Cc1sc2c(c1C)C(c1ccc(OC3CC4(CCNCC4)C3)cc1)=N/C(=C/c1ncco1)c1nnc(C)n1-2. The van der Waals surface area contributed by atoms with Gasteiger partial charge in [-0.2, -0.15) is 0 Å².